The smallest absolute Gasteiger partial charge is 0.309 e. The van der Waals surface area contributed by atoms with Crippen molar-refractivity contribution >= 4 is 33.5 Å². The minimum absolute atomic E-state index is 0.0191. The van der Waals surface area contributed by atoms with Crippen LogP contribution >= 0.6 is 0 Å². The normalized spacial score (nSPS) is 15.0. The van der Waals surface area contributed by atoms with Crippen LogP contribution in [0.5, 0.6) is 0 Å². The lowest BCUT2D eigenvalue weighted by Gasteiger charge is -2.29. The van der Waals surface area contributed by atoms with E-state index in [2.05, 4.69) is 5.32 Å². The summed E-state index contributed by atoms with van der Waals surface area (Å²) in [4.78, 5) is 39.0. The van der Waals surface area contributed by atoms with Crippen LogP contribution in [0.4, 0.5) is 5.69 Å². The van der Waals surface area contributed by atoms with Crippen molar-refractivity contribution in [3.05, 3.63) is 54.0 Å². The SMILES string of the molecule is CCS(=O)(=O)N1CCC(C(=O)OCC(=O)N(C)c2ccccc2C(=O)NCc2ccco2)CC1. The van der Waals surface area contributed by atoms with Crippen molar-refractivity contribution in [1.29, 1.82) is 0 Å². The number of para-hydroxylation sites is 1. The van der Waals surface area contributed by atoms with Gasteiger partial charge in [-0.3, -0.25) is 14.4 Å². The molecule has 0 radical (unpaired) electrons. The van der Waals surface area contributed by atoms with Gasteiger partial charge < -0.3 is 19.4 Å². The monoisotopic (exact) mass is 491 g/mol. The molecule has 184 valence electrons. The van der Waals surface area contributed by atoms with Gasteiger partial charge in [-0.2, -0.15) is 0 Å². The van der Waals surface area contributed by atoms with E-state index >= 15 is 0 Å². The summed E-state index contributed by atoms with van der Waals surface area (Å²) < 4.78 is 35.7. The highest BCUT2D eigenvalue weighted by Crippen LogP contribution is 2.22. The molecule has 2 amide bonds. The maximum Gasteiger partial charge on any atom is 0.309 e. The largest absolute Gasteiger partial charge is 0.467 e. The van der Waals surface area contributed by atoms with E-state index in [4.69, 9.17) is 9.15 Å². The van der Waals surface area contributed by atoms with E-state index in [0.29, 0.717) is 29.9 Å². The molecule has 1 fully saturated rings. The first-order valence-corrected chi connectivity index (χ1v) is 12.6. The third kappa shape index (κ3) is 6.23. The Bertz CT molecular complexity index is 1110. The van der Waals surface area contributed by atoms with Crippen LogP contribution in [0.15, 0.2) is 47.1 Å². The third-order valence-electron chi connectivity index (χ3n) is 5.77. The van der Waals surface area contributed by atoms with Gasteiger partial charge in [0.25, 0.3) is 11.8 Å². The maximum atomic E-state index is 12.7. The Kier molecular flexibility index (Phi) is 8.46. The molecule has 0 bridgehead atoms. The number of hydrogen-bond acceptors (Lipinski definition) is 7. The molecule has 1 N–H and O–H groups in total. The Morgan fingerprint density at radius 3 is 2.50 bits per heavy atom. The van der Waals surface area contributed by atoms with Crippen LogP contribution < -0.4 is 10.2 Å². The zero-order chi connectivity index (χ0) is 24.7. The highest BCUT2D eigenvalue weighted by molar-refractivity contribution is 7.89. The Morgan fingerprint density at radius 1 is 1.15 bits per heavy atom. The van der Waals surface area contributed by atoms with Crippen LogP contribution in [-0.4, -0.2) is 63.0 Å². The number of sulfonamides is 1. The second-order valence-corrected chi connectivity index (χ2v) is 10.2. The minimum Gasteiger partial charge on any atom is -0.467 e. The number of piperidine rings is 1. The molecule has 2 heterocycles. The van der Waals surface area contributed by atoms with E-state index in [1.54, 1.807) is 43.3 Å². The number of amides is 2. The Labute approximate surface area is 198 Å². The van der Waals surface area contributed by atoms with E-state index < -0.39 is 34.4 Å². The van der Waals surface area contributed by atoms with Crippen LogP contribution in [-0.2, 0) is 30.9 Å². The van der Waals surface area contributed by atoms with Crippen molar-refractivity contribution in [2.24, 2.45) is 5.92 Å². The zero-order valence-electron chi connectivity index (χ0n) is 19.2. The standard InChI is InChI=1S/C23H29N3O7S/c1-3-34(30,31)26-12-10-17(11-13-26)23(29)33-16-21(27)25(2)20-9-5-4-8-19(20)22(28)24-15-18-7-6-14-32-18/h4-9,14,17H,3,10-13,15-16H2,1-2H3,(H,24,28). The Morgan fingerprint density at radius 2 is 1.85 bits per heavy atom. The van der Waals surface area contributed by atoms with Crippen LogP contribution in [0, 0.1) is 5.92 Å². The summed E-state index contributed by atoms with van der Waals surface area (Å²) in [6.45, 7) is 1.81. The Hall–Kier alpha value is -3.18. The summed E-state index contributed by atoms with van der Waals surface area (Å²) in [5.74, 6) is -1.24. The molecule has 2 aromatic rings. The van der Waals surface area contributed by atoms with Gasteiger partial charge in [0.1, 0.15) is 5.76 Å². The third-order valence-corrected chi connectivity index (χ3v) is 7.65. The molecule has 0 unspecified atom stereocenters. The molecule has 1 aliphatic heterocycles. The van der Waals surface area contributed by atoms with Gasteiger partial charge in [0, 0.05) is 20.1 Å². The average Bonchev–Trinajstić information content (AvgIpc) is 3.39. The number of furan rings is 1. The van der Waals surface area contributed by atoms with Gasteiger partial charge in [-0.15, -0.1) is 0 Å². The summed E-state index contributed by atoms with van der Waals surface area (Å²) in [6.07, 6.45) is 2.21. The first kappa shape index (κ1) is 25.4. The number of benzene rings is 1. The fraction of sp³-hybridized carbons (Fsp3) is 0.435. The summed E-state index contributed by atoms with van der Waals surface area (Å²) in [6, 6.07) is 10.1. The van der Waals surface area contributed by atoms with Crippen molar-refractivity contribution in [2.75, 3.05) is 37.4 Å². The molecule has 11 heteroatoms. The van der Waals surface area contributed by atoms with E-state index in [-0.39, 0.29) is 31.3 Å². The van der Waals surface area contributed by atoms with E-state index in [0.717, 1.165) is 0 Å². The van der Waals surface area contributed by atoms with E-state index in [1.807, 2.05) is 0 Å². The van der Waals surface area contributed by atoms with E-state index in [1.165, 1.54) is 22.5 Å². The van der Waals surface area contributed by atoms with Gasteiger partial charge in [-0.1, -0.05) is 12.1 Å². The molecule has 1 aromatic heterocycles. The number of anilines is 1. The number of esters is 1. The van der Waals surface area contributed by atoms with Crippen molar-refractivity contribution < 1.29 is 32.0 Å². The molecule has 1 saturated heterocycles. The van der Waals surface area contributed by atoms with Gasteiger partial charge >= 0.3 is 5.97 Å². The fourth-order valence-electron chi connectivity index (χ4n) is 3.67. The molecule has 1 aromatic carbocycles. The molecule has 0 spiro atoms. The predicted molar refractivity (Wildman–Crippen MR) is 124 cm³/mol. The highest BCUT2D eigenvalue weighted by atomic mass is 32.2. The molecular formula is C23H29N3O7S. The summed E-state index contributed by atoms with van der Waals surface area (Å²) in [5.41, 5.74) is 0.666. The van der Waals surface area contributed by atoms with Crippen molar-refractivity contribution in [2.45, 2.75) is 26.3 Å². The van der Waals surface area contributed by atoms with Gasteiger partial charge in [0.05, 0.1) is 35.7 Å². The van der Waals surface area contributed by atoms with Crippen LogP contribution in [0.25, 0.3) is 0 Å². The van der Waals surface area contributed by atoms with Crippen molar-refractivity contribution in [3.63, 3.8) is 0 Å². The fourth-order valence-corrected chi connectivity index (χ4v) is 4.80. The number of hydrogen-bond donors (Lipinski definition) is 1. The first-order valence-electron chi connectivity index (χ1n) is 11.0. The zero-order valence-corrected chi connectivity index (χ0v) is 20.0. The lowest BCUT2D eigenvalue weighted by Crippen LogP contribution is -2.41. The van der Waals surface area contributed by atoms with Crippen molar-refractivity contribution in [3.8, 4) is 0 Å². The predicted octanol–water partition coefficient (Wildman–Crippen LogP) is 1.78. The molecule has 0 saturated carbocycles. The van der Waals surface area contributed by atoms with Gasteiger partial charge in [-0.25, -0.2) is 12.7 Å². The first-order chi connectivity index (χ1) is 16.2. The number of carbonyl (C=O) groups excluding carboxylic acids is 3. The van der Waals surface area contributed by atoms with Gasteiger partial charge in [0.2, 0.25) is 10.0 Å². The van der Waals surface area contributed by atoms with Crippen molar-refractivity contribution in [1.82, 2.24) is 9.62 Å². The van der Waals surface area contributed by atoms with E-state index in [9.17, 15) is 22.8 Å². The maximum absolute atomic E-state index is 12.7. The summed E-state index contributed by atoms with van der Waals surface area (Å²) in [7, 11) is -1.78. The number of nitrogens with one attached hydrogen (secondary N) is 1. The lowest BCUT2D eigenvalue weighted by atomic mass is 9.98. The molecule has 0 aliphatic carbocycles. The summed E-state index contributed by atoms with van der Waals surface area (Å²) >= 11 is 0. The highest BCUT2D eigenvalue weighted by Gasteiger charge is 2.31. The molecule has 3 rings (SSSR count). The number of ether oxygens (including phenoxy) is 1. The quantitative estimate of drug-likeness (QED) is 0.530. The topological polar surface area (TPSA) is 126 Å². The minimum atomic E-state index is -3.28. The second-order valence-electron chi connectivity index (χ2n) is 7.91. The molecule has 34 heavy (non-hydrogen) atoms. The number of likely N-dealkylation sites (N-methyl/N-ethyl adjacent to an activating group) is 1. The average molecular weight is 492 g/mol. The molecule has 0 atom stereocenters. The lowest BCUT2D eigenvalue weighted by molar-refractivity contribution is -0.153. The molecule has 10 nitrogen and oxygen atoms in total. The van der Waals surface area contributed by atoms with Crippen LogP contribution in [0.1, 0.15) is 35.9 Å². The second kappa shape index (κ2) is 11.3. The number of carbonyl (C=O) groups is 3. The van der Waals surface area contributed by atoms with Gasteiger partial charge in [-0.05, 0) is 44.0 Å². The molecule has 1 aliphatic rings. The summed E-state index contributed by atoms with van der Waals surface area (Å²) in [5, 5.41) is 2.74. The van der Waals surface area contributed by atoms with Gasteiger partial charge in [0.15, 0.2) is 6.61 Å². The Balaban J connectivity index is 1.54. The van der Waals surface area contributed by atoms with Crippen LogP contribution in [0.2, 0.25) is 0 Å². The number of nitrogens with zero attached hydrogens (tertiary/aromatic N) is 2. The van der Waals surface area contributed by atoms with Crippen LogP contribution in [0.3, 0.4) is 0 Å². The molecular weight excluding hydrogens is 462 g/mol. The number of rotatable bonds is 9.